The number of ether oxygens (including phenoxy) is 4. The zero-order valence-corrected chi connectivity index (χ0v) is 85.2. The van der Waals surface area contributed by atoms with Crippen molar-refractivity contribution in [3.05, 3.63) is 265 Å². The lowest BCUT2D eigenvalue weighted by Gasteiger charge is -2.34. The molecule has 2 heterocycles. The average molecular weight is 1810 g/mol. The van der Waals surface area contributed by atoms with Crippen molar-refractivity contribution in [1.29, 1.82) is 0 Å². The second kappa shape index (κ2) is 47.7. The van der Waals surface area contributed by atoms with E-state index in [4.69, 9.17) is 18.9 Å². The first kappa shape index (κ1) is 98.5. The van der Waals surface area contributed by atoms with E-state index >= 15 is 0 Å². The van der Waals surface area contributed by atoms with Gasteiger partial charge in [-0.05, 0) is 309 Å². The third-order valence-electron chi connectivity index (χ3n) is 31.8. The normalized spacial score (nSPS) is 13.9. The van der Waals surface area contributed by atoms with Crippen LogP contribution in [0.3, 0.4) is 0 Å². The maximum atomic E-state index is 6.51. The van der Waals surface area contributed by atoms with E-state index in [2.05, 4.69) is 335 Å². The lowest BCUT2D eigenvalue weighted by Crippen LogP contribution is -2.26. The second-order valence-corrected chi connectivity index (χ2v) is 41.0. The first-order valence-electron chi connectivity index (χ1n) is 54.6. The van der Waals surface area contributed by atoms with Crippen LogP contribution in [0.4, 0.5) is 0 Å². The van der Waals surface area contributed by atoms with E-state index in [1.165, 1.54) is 335 Å². The fourth-order valence-corrected chi connectivity index (χ4v) is 23.1. The third-order valence-corrected chi connectivity index (χ3v) is 31.8. The molecule has 6 heteroatoms. The predicted molar refractivity (Wildman–Crippen MR) is 585 cm³/mol. The van der Waals surface area contributed by atoms with Crippen molar-refractivity contribution in [3.8, 4) is 112 Å². The molecule has 0 bridgehead atoms. The van der Waals surface area contributed by atoms with Crippen molar-refractivity contribution in [1.82, 2.24) is 9.13 Å². The average Bonchev–Trinajstić information content (AvgIpc) is 1.55. The lowest BCUT2D eigenvalue weighted by molar-refractivity contribution is 0.233. The Labute approximate surface area is 818 Å². The molecule has 16 rings (SSSR count). The summed E-state index contributed by atoms with van der Waals surface area (Å²) >= 11 is 0. The molecule has 0 radical (unpaired) electrons. The van der Waals surface area contributed by atoms with Crippen LogP contribution in [0.1, 0.15) is 336 Å². The van der Waals surface area contributed by atoms with Crippen molar-refractivity contribution in [3.63, 3.8) is 0 Å². The topological polar surface area (TPSA) is 46.8 Å². The largest absolute Gasteiger partial charge is 0.493 e. The van der Waals surface area contributed by atoms with E-state index in [9.17, 15) is 0 Å². The minimum atomic E-state index is -0.191. The fourth-order valence-electron chi connectivity index (χ4n) is 23.1. The van der Waals surface area contributed by atoms with Gasteiger partial charge >= 0.3 is 0 Å². The number of rotatable bonds is 55. The van der Waals surface area contributed by atoms with Gasteiger partial charge in [0.15, 0.2) is 0 Å². The van der Waals surface area contributed by atoms with Gasteiger partial charge in [-0.3, -0.25) is 0 Å². The zero-order valence-electron chi connectivity index (χ0n) is 85.2. The molecule has 6 nitrogen and oxygen atoms in total. The van der Waals surface area contributed by atoms with Crippen LogP contribution in [0.25, 0.3) is 133 Å². The minimum absolute atomic E-state index is 0.191. The van der Waals surface area contributed by atoms with Crippen LogP contribution in [0.2, 0.25) is 0 Å². The predicted octanol–water partition coefficient (Wildman–Crippen LogP) is 39.0. The van der Waals surface area contributed by atoms with Gasteiger partial charge in [0.2, 0.25) is 0 Å². The van der Waals surface area contributed by atoms with E-state index in [-0.39, 0.29) is 10.8 Å². The SMILES string of the molecule is CCCCCCC1(CCCCCC)c2cc(-c3ccc4c(c3)C(CCCCCC)(CCCCCC)c3cc(-n5c6ccc(-c7ccc(OCC(CC)CCCC)cc7)cc6c6cc(-c7ccc(OCC(CC)CCCC)cc7)ccc65)ccc3-4)ccc2-c2ccc(-n3c4ccc(-c5ccc(OCC(CC)CCCC)cc5)cc4c4cc(-c5ccc(OCC(CC)CCCC)cc5)ccc43)cc21. The highest BCUT2D eigenvalue weighted by Crippen LogP contribution is 2.59. The van der Waals surface area contributed by atoms with Gasteiger partial charge in [-0.25, -0.2) is 0 Å². The molecule has 0 fully saturated rings. The fraction of sp³-hybridized carbons (Fsp3) is 0.446. The molecule has 0 spiro atoms. The van der Waals surface area contributed by atoms with Crippen molar-refractivity contribution in [2.24, 2.45) is 23.7 Å². The number of fused-ring (bicyclic) bond motifs is 12. The molecule has 136 heavy (non-hydrogen) atoms. The maximum Gasteiger partial charge on any atom is 0.119 e. The Morgan fingerprint density at radius 1 is 0.206 bits per heavy atom. The van der Waals surface area contributed by atoms with Crippen LogP contribution in [-0.2, 0) is 10.8 Å². The molecule has 2 aromatic heterocycles. The number of nitrogens with zero attached hydrogens (tertiary/aromatic N) is 2. The summed E-state index contributed by atoms with van der Waals surface area (Å²) in [4.78, 5) is 0. The first-order chi connectivity index (χ1) is 66.8. The highest BCUT2D eigenvalue weighted by Gasteiger charge is 2.45. The van der Waals surface area contributed by atoms with Crippen molar-refractivity contribution >= 4 is 43.6 Å². The summed E-state index contributed by atoms with van der Waals surface area (Å²) in [6.45, 7) is 30.9. The molecule has 0 N–H and O–H groups in total. The van der Waals surface area contributed by atoms with Crippen LogP contribution < -0.4 is 18.9 Å². The van der Waals surface area contributed by atoms with Crippen molar-refractivity contribution < 1.29 is 18.9 Å². The molecule has 714 valence electrons. The van der Waals surface area contributed by atoms with E-state index in [1.54, 1.807) is 0 Å². The highest BCUT2D eigenvalue weighted by molar-refractivity contribution is 6.13. The first-order valence-corrected chi connectivity index (χ1v) is 54.6. The standard InChI is InChI=1S/C130H160N2O4/c1-13-25-33-37-77-129(78-38-34-26-14-2)121-85-105(53-69-113(121)115-71-59-107(87-123(115)129)131-125-73-55-101(97-45-61-109(62-46-97)133-89-93(21-9)41-29-17-5)81-117(125)118-82-102(56-74-126(118)131)98-47-63-110(64-48-98)134-90-94(22-10)42-30-18-6)106-54-70-114-116-72-60-108(88-124(116)130(122(114)86-106,79-39-35-27-15-3)80-40-36-28-16-4)132-127-75-57-103(99-49-65-111(66-50-99)135-91-95(23-11)43-31-19-7)83-119(127)120-84-104(58-76-128(120)132)100-51-67-112(68-52-100)136-92-96(24-12)44-32-20-8/h45-76,81-88,93-96H,13-44,77-80,89-92H2,1-12H3. The number of aromatic nitrogens is 2. The molecule has 0 saturated heterocycles. The van der Waals surface area contributed by atoms with Crippen LogP contribution in [0.15, 0.2) is 243 Å². The molecule has 2 aliphatic carbocycles. The molecule has 4 unspecified atom stereocenters. The summed E-state index contributed by atoms with van der Waals surface area (Å²) in [6, 6.07) is 95.7. The lowest BCUT2D eigenvalue weighted by atomic mass is 9.69. The van der Waals surface area contributed by atoms with E-state index in [1.807, 2.05) is 0 Å². The van der Waals surface area contributed by atoms with Crippen molar-refractivity contribution in [2.75, 3.05) is 26.4 Å². The molecule has 12 aromatic carbocycles. The Bertz CT molecular complexity index is 5550. The number of hydrogen-bond donors (Lipinski definition) is 0. The molecule has 2 aliphatic rings. The summed E-state index contributed by atoms with van der Waals surface area (Å²) in [5.74, 6) is 6.06. The van der Waals surface area contributed by atoms with Gasteiger partial charge in [0.05, 0.1) is 48.5 Å². The quantitative estimate of drug-likeness (QED) is 0.0357. The summed E-state index contributed by atoms with van der Waals surface area (Å²) < 4.78 is 31.3. The van der Waals surface area contributed by atoms with Crippen LogP contribution in [0.5, 0.6) is 23.0 Å². The van der Waals surface area contributed by atoms with Gasteiger partial charge in [0.25, 0.3) is 0 Å². The molecule has 14 aromatic rings. The smallest absolute Gasteiger partial charge is 0.119 e. The van der Waals surface area contributed by atoms with Crippen LogP contribution in [0, 0.1) is 23.7 Å². The van der Waals surface area contributed by atoms with Gasteiger partial charge in [-0.2, -0.15) is 0 Å². The Kier molecular flexibility index (Phi) is 34.5. The van der Waals surface area contributed by atoms with Crippen LogP contribution in [-0.4, -0.2) is 35.6 Å². The van der Waals surface area contributed by atoms with E-state index < -0.39 is 0 Å². The van der Waals surface area contributed by atoms with Gasteiger partial charge in [0.1, 0.15) is 23.0 Å². The molecule has 4 atom stereocenters. The second-order valence-electron chi connectivity index (χ2n) is 41.0. The van der Waals surface area contributed by atoms with Crippen molar-refractivity contribution in [2.45, 2.75) is 325 Å². The van der Waals surface area contributed by atoms with Crippen LogP contribution >= 0.6 is 0 Å². The molecular formula is C130H160N2O4. The van der Waals surface area contributed by atoms with Gasteiger partial charge < -0.3 is 28.1 Å². The number of unbranched alkanes of at least 4 members (excludes halogenated alkanes) is 16. The molecule has 0 amide bonds. The Morgan fingerprint density at radius 3 is 0.654 bits per heavy atom. The monoisotopic (exact) mass is 1810 g/mol. The Morgan fingerprint density at radius 2 is 0.419 bits per heavy atom. The van der Waals surface area contributed by atoms with Gasteiger partial charge in [-0.15, -0.1) is 0 Å². The number of benzene rings is 12. The van der Waals surface area contributed by atoms with Gasteiger partial charge in [0, 0.05) is 43.7 Å². The molecule has 0 aliphatic heterocycles. The van der Waals surface area contributed by atoms with Gasteiger partial charge in [-0.1, -0.05) is 372 Å². The summed E-state index contributed by atoms with van der Waals surface area (Å²) in [5, 5.41) is 5.03. The summed E-state index contributed by atoms with van der Waals surface area (Å²) in [6.07, 6.45) is 43.3. The summed E-state index contributed by atoms with van der Waals surface area (Å²) in [7, 11) is 0. The molecular weight excluding hydrogens is 1650 g/mol. The number of hydrogen-bond acceptors (Lipinski definition) is 4. The van der Waals surface area contributed by atoms with E-state index in [0.29, 0.717) is 23.7 Å². The Hall–Kier alpha value is -10.6. The Balaban J connectivity index is 0.793. The summed E-state index contributed by atoms with van der Waals surface area (Å²) in [5.41, 5.74) is 31.0. The minimum Gasteiger partial charge on any atom is -0.493 e. The maximum absolute atomic E-state index is 6.51. The van der Waals surface area contributed by atoms with E-state index in [0.717, 1.165) is 101 Å². The third kappa shape index (κ3) is 22.1. The molecule has 0 saturated carbocycles. The highest BCUT2D eigenvalue weighted by atomic mass is 16.5. The zero-order chi connectivity index (χ0) is 94.3.